The zero-order valence-electron chi connectivity index (χ0n) is 15.8. The van der Waals surface area contributed by atoms with E-state index in [1.54, 1.807) is 6.08 Å². The fourth-order valence-corrected chi connectivity index (χ4v) is 3.96. The number of carbonyl (C=O) groups excluding carboxylic acids is 2. The average molecular weight is 444 g/mol. The molecule has 3 rings (SSSR count). The van der Waals surface area contributed by atoms with Gasteiger partial charge in [-0.2, -0.15) is 0 Å². The Balaban J connectivity index is 1.71. The van der Waals surface area contributed by atoms with Gasteiger partial charge in [-0.15, -0.1) is 0 Å². The molecule has 1 heterocycles. The highest BCUT2D eigenvalue weighted by molar-refractivity contribution is 8.26. The Bertz CT molecular complexity index is 1070. The van der Waals surface area contributed by atoms with Crippen molar-refractivity contribution in [3.8, 4) is 5.75 Å². The lowest BCUT2D eigenvalue weighted by Crippen LogP contribution is -2.36. The number of aromatic hydroxyl groups is 1. The predicted octanol–water partition coefficient (Wildman–Crippen LogP) is 3.70. The van der Waals surface area contributed by atoms with E-state index in [1.165, 1.54) is 5.56 Å². The summed E-state index contributed by atoms with van der Waals surface area (Å²) in [4.78, 5) is 36.8. The summed E-state index contributed by atoms with van der Waals surface area (Å²) in [6.07, 6.45) is 2.63. The van der Waals surface area contributed by atoms with Crippen molar-refractivity contribution in [3.05, 3.63) is 68.6 Å². The summed E-state index contributed by atoms with van der Waals surface area (Å²) in [5, 5.41) is 23.1. The first-order valence-electron chi connectivity index (χ1n) is 8.90. The molecule has 2 aromatic carbocycles. The molecule has 154 valence electrons. The second-order valence-corrected chi connectivity index (χ2v) is 8.05. The first-order chi connectivity index (χ1) is 14.3. The maximum atomic E-state index is 12.7. The second-order valence-electron chi connectivity index (χ2n) is 6.37. The van der Waals surface area contributed by atoms with Gasteiger partial charge in [-0.25, -0.2) is 0 Å². The number of carbonyl (C=O) groups is 2. The lowest BCUT2D eigenvalue weighted by atomic mass is 10.1. The number of hydrogen-bond donors (Lipinski definition) is 2. The van der Waals surface area contributed by atoms with Crippen molar-refractivity contribution in [2.75, 3.05) is 11.9 Å². The van der Waals surface area contributed by atoms with Crippen LogP contribution >= 0.6 is 24.0 Å². The van der Waals surface area contributed by atoms with Crippen molar-refractivity contribution in [1.29, 1.82) is 0 Å². The quantitative estimate of drug-likeness (QED) is 0.230. The van der Waals surface area contributed by atoms with Crippen molar-refractivity contribution in [3.63, 3.8) is 0 Å². The van der Waals surface area contributed by atoms with Gasteiger partial charge in [0.2, 0.25) is 5.91 Å². The Hall–Kier alpha value is -3.24. The highest BCUT2D eigenvalue weighted by atomic mass is 32.2. The normalized spacial score (nSPS) is 15.0. The van der Waals surface area contributed by atoms with E-state index in [0.29, 0.717) is 4.91 Å². The fraction of sp³-hybridized carbons (Fsp3) is 0.150. The molecular weight excluding hydrogens is 426 g/mol. The largest absolute Gasteiger partial charge is 0.506 e. The molecular formula is C20H17N3O5S2. The number of nitrogens with zero attached hydrogens (tertiary/aromatic N) is 2. The third-order valence-corrected chi connectivity index (χ3v) is 5.70. The number of nitro benzene ring substituents is 1. The van der Waals surface area contributed by atoms with Crippen LogP contribution < -0.4 is 5.32 Å². The van der Waals surface area contributed by atoms with Crippen molar-refractivity contribution < 1.29 is 19.6 Å². The Morgan fingerprint density at radius 2 is 2.00 bits per heavy atom. The minimum absolute atomic E-state index is 0.119. The molecule has 0 atom stereocenters. The molecule has 0 spiro atoms. The topological polar surface area (TPSA) is 113 Å². The van der Waals surface area contributed by atoms with Crippen LogP contribution in [0.1, 0.15) is 18.1 Å². The van der Waals surface area contributed by atoms with E-state index in [2.05, 4.69) is 12.2 Å². The zero-order valence-corrected chi connectivity index (χ0v) is 17.5. The van der Waals surface area contributed by atoms with Gasteiger partial charge in [-0.05, 0) is 29.7 Å². The summed E-state index contributed by atoms with van der Waals surface area (Å²) < 4.78 is 0.231. The van der Waals surface area contributed by atoms with Crippen LogP contribution in [0.15, 0.2) is 47.4 Å². The van der Waals surface area contributed by atoms with Crippen LogP contribution in [0.4, 0.5) is 11.4 Å². The van der Waals surface area contributed by atoms with Crippen molar-refractivity contribution in [1.82, 2.24) is 4.90 Å². The number of nitro groups is 1. The van der Waals surface area contributed by atoms with E-state index in [4.69, 9.17) is 12.2 Å². The van der Waals surface area contributed by atoms with Gasteiger partial charge < -0.3 is 10.4 Å². The molecule has 1 aliphatic rings. The summed E-state index contributed by atoms with van der Waals surface area (Å²) in [5.41, 5.74) is 1.62. The van der Waals surface area contributed by atoms with Gasteiger partial charge in [-0.3, -0.25) is 24.6 Å². The van der Waals surface area contributed by atoms with Crippen LogP contribution in [0.2, 0.25) is 0 Å². The van der Waals surface area contributed by atoms with Gasteiger partial charge in [0.05, 0.1) is 15.5 Å². The van der Waals surface area contributed by atoms with Gasteiger partial charge in [0, 0.05) is 12.1 Å². The van der Waals surface area contributed by atoms with Crippen LogP contribution in [0.3, 0.4) is 0 Å². The first kappa shape index (κ1) is 21.5. The molecule has 0 bridgehead atoms. The average Bonchev–Trinajstić information content (AvgIpc) is 2.97. The molecule has 1 saturated heterocycles. The maximum Gasteiger partial charge on any atom is 0.271 e. The molecule has 2 amide bonds. The number of thiocarbonyl (C=S) groups is 1. The second kappa shape index (κ2) is 9.06. The molecule has 0 unspecified atom stereocenters. The molecule has 2 N–H and O–H groups in total. The van der Waals surface area contributed by atoms with Crippen LogP contribution in [-0.2, 0) is 16.0 Å². The number of benzene rings is 2. The van der Waals surface area contributed by atoms with Crippen LogP contribution in [0.5, 0.6) is 5.75 Å². The van der Waals surface area contributed by atoms with Gasteiger partial charge >= 0.3 is 0 Å². The van der Waals surface area contributed by atoms with E-state index in [9.17, 15) is 24.8 Å². The summed E-state index contributed by atoms with van der Waals surface area (Å²) >= 11 is 6.32. The smallest absolute Gasteiger partial charge is 0.271 e. The molecule has 0 aliphatic carbocycles. The zero-order chi connectivity index (χ0) is 21.8. The predicted molar refractivity (Wildman–Crippen MR) is 119 cm³/mol. The molecule has 2 aromatic rings. The highest BCUT2D eigenvalue weighted by Crippen LogP contribution is 2.33. The summed E-state index contributed by atoms with van der Waals surface area (Å²) in [6, 6.07) is 11.0. The molecule has 0 aromatic heterocycles. The number of aryl methyl sites for hydroxylation is 1. The van der Waals surface area contributed by atoms with Gasteiger partial charge in [0.1, 0.15) is 16.6 Å². The molecule has 10 heteroatoms. The number of amides is 2. The molecule has 0 radical (unpaired) electrons. The lowest BCUT2D eigenvalue weighted by molar-refractivity contribution is -0.384. The third-order valence-electron chi connectivity index (χ3n) is 4.33. The Morgan fingerprint density at radius 1 is 1.30 bits per heavy atom. The number of rotatable bonds is 6. The van der Waals surface area contributed by atoms with E-state index in [-0.39, 0.29) is 28.0 Å². The molecule has 0 saturated carbocycles. The molecule has 8 nitrogen and oxygen atoms in total. The number of phenolic OH excluding ortho intramolecular Hbond substituents is 1. The maximum absolute atomic E-state index is 12.7. The summed E-state index contributed by atoms with van der Waals surface area (Å²) in [5.74, 6) is -1.37. The molecule has 1 fully saturated rings. The Labute approximate surface area is 181 Å². The van der Waals surface area contributed by atoms with E-state index in [0.717, 1.165) is 46.8 Å². The molecule has 1 aliphatic heterocycles. The first-order valence-corrected chi connectivity index (χ1v) is 10.1. The fourth-order valence-electron chi connectivity index (χ4n) is 2.71. The number of nitrogens with one attached hydrogen (secondary N) is 1. The van der Waals surface area contributed by atoms with Gasteiger partial charge in [-0.1, -0.05) is 55.2 Å². The standard InChI is InChI=1S/C20H17N3O5S2/c1-2-12-3-5-13(6-4-12)9-17-19(26)22(20(29)30-17)11-18(25)21-15-10-14(23(27)28)7-8-16(15)24/h3-10,24H,2,11H2,1H3,(H,21,25). The van der Waals surface area contributed by atoms with Crippen LogP contribution in [0, 0.1) is 10.1 Å². The van der Waals surface area contributed by atoms with Gasteiger partial charge in [0.25, 0.3) is 11.6 Å². The van der Waals surface area contributed by atoms with Crippen molar-refractivity contribution >= 4 is 57.6 Å². The Morgan fingerprint density at radius 3 is 2.63 bits per heavy atom. The number of phenols is 1. The van der Waals surface area contributed by atoms with E-state index >= 15 is 0 Å². The third kappa shape index (κ3) is 4.84. The number of anilines is 1. The summed E-state index contributed by atoms with van der Waals surface area (Å²) in [7, 11) is 0. The monoisotopic (exact) mass is 443 g/mol. The Kier molecular flexibility index (Phi) is 6.48. The van der Waals surface area contributed by atoms with E-state index < -0.39 is 16.7 Å². The SMILES string of the molecule is CCc1ccc(C=C2SC(=S)N(CC(=O)Nc3cc([N+](=O)[O-])ccc3O)C2=O)cc1. The van der Waals surface area contributed by atoms with Gasteiger partial charge in [0.15, 0.2) is 0 Å². The number of hydrogen-bond acceptors (Lipinski definition) is 7. The lowest BCUT2D eigenvalue weighted by Gasteiger charge is -2.14. The highest BCUT2D eigenvalue weighted by Gasteiger charge is 2.33. The number of thioether (sulfide) groups is 1. The van der Waals surface area contributed by atoms with Crippen LogP contribution in [0.25, 0.3) is 6.08 Å². The van der Waals surface area contributed by atoms with Crippen molar-refractivity contribution in [2.24, 2.45) is 0 Å². The van der Waals surface area contributed by atoms with Crippen LogP contribution in [-0.4, -0.2) is 37.6 Å². The summed E-state index contributed by atoms with van der Waals surface area (Å²) in [6.45, 7) is 1.68. The number of non-ortho nitro benzene ring substituents is 1. The molecule has 30 heavy (non-hydrogen) atoms. The van der Waals surface area contributed by atoms with Crippen molar-refractivity contribution in [2.45, 2.75) is 13.3 Å². The van der Waals surface area contributed by atoms with E-state index in [1.807, 2.05) is 24.3 Å². The minimum Gasteiger partial charge on any atom is -0.506 e. The minimum atomic E-state index is -0.644.